The molecule has 0 saturated heterocycles. The van der Waals surface area contributed by atoms with E-state index in [9.17, 15) is 0 Å². The molecule has 0 aromatic rings. The maximum Gasteiger partial charge on any atom is 0.0534 e. The molecule has 0 atom stereocenters. The molecule has 0 unspecified atom stereocenters. The van der Waals surface area contributed by atoms with Gasteiger partial charge in [-0.2, -0.15) is 0 Å². The van der Waals surface area contributed by atoms with Gasteiger partial charge in [-0.15, -0.1) is 0 Å². The number of hydrogen-bond donors (Lipinski definition) is 3. The minimum Gasteiger partial charge on any atom is -0.395 e. The van der Waals surface area contributed by atoms with Crippen molar-refractivity contribution in [2.75, 3.05) is 25.4 Å². The van der Waals surface area contributed by atoms with Crippen molar-refractivity contribution in [1.82, 2.24) is 4.72 Å². The zero-order chi connectivity index (χ0) is 6.24. The molecule has 0 aliphatic heterocycles. The lowest BCUT2D eigenvalue weighted by Gasteiger charge is -1.97. The Morgan fingerprint density at radius 3 is 2.88 bits per heavy atom. The van der Waals surface area contributed by atoms with E-state index in [0.29, 0.717) is 6.54 Å². The number of hydrogen-bond acceptors (Lipinski definition) is 4. The molecule has 8 heavy (non-hydrogen) atoms. The van der Waals surface area contributed by atoms with Crippen LogP contribution in [0.5, 0.6) is 0 Å². The fourth-order valence-corrected chi connectivity index (χ4v) is 0.747. The fraction of sp³-hybridized carbons (Fsp3) is 1.00. The summed E-state index contributed by atoms with van der Waals surface area (Å²) in [6.07, 6.45) is 0. The van der Waals surface area contributed by atoms with Crippen molar-refractivity contribution in [1.29, 1.82) is 0 Å². The van der Waals surface area contributed by atoms with Gasteiger partial charge in [0.1, 0.15) is 0 Å². The number of aliphatic hydroxyl groups excluding tert-OH is 1. The normalized spacial score (nSPS) is 9.75. The molecule has 0 rings (SSSR count). The number of nitrogens with two attached hydrogens (primary N) is 1. The van der Waals surface area contributed by atoms with Crippen LogP contribution in [0.3, 0.4) is 0 Å². The van der Waals surface area contributed by atoms with Crippen molar-refractivity contribution in [2.24, 2.45) is 5.73 Å². The maximum absolute atomic E-state index is 8.27. The quantitative estimate of drug-likeness (QED) is 0.341. The van der Waals surface area contributed by atoms with Crippen molar-refractivity contribution in [3.8, 4) is 0 Å². The highest BCUT2D eigenvalue weighted by Crippen LogP contribution is 1.87. The Kier molecular flexibility index (Phi) is 7.44. The van der Waals surface area contributed by atoms with Crippen LogP contribution in [-0.2, 0) is 0 Å². The van der Waals surface area contributed by atoms with Crippen LogP contribution in [0.15, 0.2) is 0 Å². The van der Waals surface area contributed by atoms with E-state index < -0.39 is 0 Å². The molecule has 0 amide bonds. The van der Waals surface area contributed by atoms with Gasteiger partial charge in [-0.3, -0.25) is 4.72 Å². The van der Waals surface area contributed by atoms with Gasteiger partial charge < -0.3 is 10.8 Å². The topological polar surface area (TPSA) is 58.3 Å². The molecule has 0 radical (unpaired) electrons. The first-order chi connectivity index (χ1) is 3.91. The van der Waals surface area contributed by atoms with Crippen LogP contribution in [0.1, 0.15) is 0 Å². The molecule has 0 aliphatic rings. The Bertz CT molecular complexity index is 39.0. The average Bonchev–Trinajstić information content (AvgIpc) is 1.81. The second-order valence-electron chi connectivity index (χ2n) is 1.26. The van der Waals surface area contributed by atoms with Gasteiger partial charge in [0.05, 0.1) is 6.61 Å². The molecule has 0 aliphatic carbocycles. The van der Waals surface area contributed by atoms with E-state index >= 15 is 0 Å². The second kappa shape index (κ2) is 7.23. The summed E-state index contributed by atoms with van der Waals surface area (Å²) in [5.74, 6) is 0.736. The van der Waals surface area contributed by atoms with Gasteiger partial charge in [-0.25, -0.2) is 0 Å². The van der Waals surface area contributed by atoms with Gasteiger partial charge in [0, 0.05) is 18.8 Å². The van der Waals surface area contributed by atoms with Gasteiger partial charge in [0.15, 0.2) is 0 Å². The molecule has 0 spiro atoms. The second-order valence-corrected chi connectivity index (χ2v) is 2.24. The van der Waals surface area contributed by atoms with E-state index in [1.54, 1.807) is 0 Å². The third kappa shape index (κ3) is 6.23. The summed E-state index contributed by atoms with van der Waals surface area (Å²) in [5.41, 5.74) is 5.17. The molecule has 0 saturated carbocycles. The molecule has 0 aromatic carbocycles. The highest BCUT2D eigenvalue weighted by molar-refractivity contribution is 7.97. The molecule has 50 valence electrons. The highest BCUT2D eigenvalue weighted by Gasteiger charge is 1.81. The summed E-state index contributed by atoms with van der Waals surface area (Å²) < 4.78 is 2.97. The summed E-state index contributed by atoms with van der Waals surface area (Å²) in [6, 6.07) is 0. The van der Waals surface area contributed by atoms with E-state index in [1.165, 1.54) is 11.9 Å². The van der Waals surface area contributed by atoms with Crippen LogP contribution in [0.2, 0.25) is 0 Å². The lowest BCUT2D eigenvalue weighted by Crippen LogP contribution is -2.16. The molecule has 0 aromatic heterocycles. The summed E-state index contributed by atoms with van der Waals surface area (Å²) in [5, 5.41) is 8.27. The van der Waals surface area contributed by atoms with E-state index in [4.69, 9.17) is 10.8 Å². The zero-order valence-electron chi connectivity index (χ0n) is 4.76. The van der Waals surface area contributed by atoms with Gasteiger partial charge in [-0.05, 0) is 0 Å². The molecule has 4 heteroatoms. The largest absolute Gasteiger partial charge is 0.395 e. The van der Waals surface area contributed by atoms with Crippen molar-refractivity contribution in [2.45, 2.75) is 0 Å². The number of aliphatic hydroxyl groups is 1. The molecule has 0 heterocycles. The van der Waals surface area contributed by atoms with Crippen molar-refractivity contribution >= 4 is 11.9 Å². The van der Waals surface area contributed by atoms with Gasteiger partial charge >= 0.3 is 0 Å². The fourth-order valence-electron chi connectivity index (χ4n) is 0.249. The van der Waals surface area contributed by atoms with Gasteiger partial charge in [-0.1, -0.05) is 11.9 Å². The Morgan fingerprint density at radius 1 is 1.62 bits per heavy atom. The number of rotatable bonds is 5. The highest BCUT2D eigenvalue weighted by atomic mass is 32.2. The van der Waals surface area contributed by atoms with E-state index in [-0.39, 0.29) is 6.61 Å². The average molecular weight is 136 g/mol. The van der Waals surface area contributed by atoms with Crippen LogP contribution in [-0.4, -0.2) is 30.6 Å². The predicted molar refractivity (Wildman–Crippen MR) is 36.6 cm³/mol. The summed E-state index contributed by atoms with van der Waals surface area (Å²) in [7, 11) is 0. The first-order valence-corrected chi connectivity index (χ1v) is 3.56. The zero-order valence-corrected chi connectivity index (χ0v) is 5.58. The number of nitrogens with one attached hydrogen (secondary N) is 1. The third-order valence-electron chi connectivity index (χ3n) is 0.542. The van der Waals surface area contributed by atoms with Crippen LogP contribution in [0.4, 0.5) is 0 Å². The maximum atomic E-state index is 8.27. The summed E-state index contributed by atoms with van der Waals surface area (Å²) >= 11 is 1.50. The molecule has 0 bridgehead atoms. The summed E-state index contributed by atoms with van der Waals surface area (Å²) in [6.45, 7) is 1.69. The van der Waals surface area contributed by atoms with Crippen molar-refractivity contribution < 1.29 is 5.11 Å². The molecule has 0 fully saturated rings. The van der Waals surface area contributed by atoms with E-state index in [2.05, 4.69) is 4.72 Å². The van der Waals surface area contributed by atoms with E-state index in [0.717, 1.165) is 12.3 Å². The Morgan fingerprint density at radius 2 is 2.38 bits per heavy atom. The van der Waals surface area contributed by atoms with Crippen LogP contribution >= 0.6 is 11.9 Å². The Balaban J connectivity index is 2.53. The minimum absolute atomic E-state index is 0.224. The lowest BCUT2D eigenvalue weighted by atomic mass is 10.7. The lowest BCUT2D eigenvalue weighted by molar-refractivity contribution is 0.322. The molecule has 4 N–H and O–H groups in total. The monoisotopic (exact) mass is 136 g/mol. The standard InChI is InChI=1S/C4H12N2OS/c5-1-2-6-8-4-3-7/h6-7H,1-5H2. The van der Waals surface area contributed by atoms with Crippen molar-refractivity contribution in [3.63, 3.8) is 0 Å². The molecular formula is C4H12N2OS. The third-order valence-corrected chi connectivity index (χ3v) is 1.34. The minimum atomic E-state index is 0.224. The van der Waals surface area contributed by atoms with Gasteiger partial charge in [0.25, 0.3) is 0 Å². The van der Waals surface area contributed by atoms with Crippen LogP contribution in [0, 0.1) is 0 Å². The summed E-state index contributed by atoms with van der Waals surface area (Å²) in [4.78, 5) is 0. The molecular weight excluding hydrogens is 124 g/mol. The predicted octanol–water partition coefficient (Wildman–Crippen LogP) is -0.825. The Labute approximate surface area is 53.8 Å². The SMILES string of the molecule is NCCNSCCO. The Hall–Kier alpha value is 0.230. The first-order valence-electron chi connectivity index (χ1n) is 2.57. The van der Waals surface area contributed by atoms with Crippen LogP contribution in [0.25, 0.3) is 0 Å². The van der Waals surface area contributed by atoms with Crippen molar-refractivity contribution in [3.05, 3.63) is 0 Å². The van der Waals surface area contributed by atoms with Crippen LogP contribution < -0.4 is 10.5 Å². The van der Waals surface area contributed by atoms with E-state index in [1.807, 2.05) is 0 Å². The van der Waals surface area contributed by atoms with Gasteiger partial charge in [0.2, 0.25) is 0 Å². The molecule has 3 nitrogen and oxygen atoms in total. The first kappa shape index (κ1) is 8.23. The smallest absolute Gasteiger partial charge is 0.0534 e.